The Morgan fingerprint density at radius 1 is 0.742 bits per heavy atom. The molecule has 0 saturated heterocycles. The molecule has 1 amide bonds. The van der Waals surface area contributed by atoms with E-state index in [4.69, 9.17) is 0 Å². The standard InChI is InChI=1S/C28H28N2O/c1-22(26-18-10-16-25-15-8-9-17-27(25)26)29-19-28(31)30(20-23-11-4-2-5-12-23)21-24-13-6-3-7-14-24/h2-18,22,29H,19-21H2,1H3/t22-/m1/s1. The normalized spacial score (nSPS) is 11.9. The van der Waals surface area contributed by atoms with Crippen molar-refractivity contribution in [3.05, 3.63) is 120 Å². The molecule has 4 rings (SSSR count). The molecule has 1 atom stereocenters. The minimum Gasteiger partial charge on any atom is -0.333 e. The van der Waals surface area contributed by atoms with E-state index in [1.165, 1.54) is 16.3 Å². The Kier molecular flexibility index (Phi) is 6.75. The van der Waals surface area contributed by atoms with Gasteiger partial charge in [-0.25, -0.2) is 0 Å². The molecule has 1 N–H and O–H groups in total. The second-order valence-corrected chi connectivity index (χ2v) is 7.89. The zero-order valence-electron chi connectivity index (χ0n) is 17.9. The number of fused-ring (bicyclic) bond motifs is 1. The van der Waals surface area contributed by atoms with Crippen LogP contribution >= 0.6 is 0 Å². The van der Waals surface area contributed by atoms with Gasteiger partial charge >= 0.3 is 0 Å². The first-order valence-corrected chi connectivity index (χ1v) is 10.8. The first-order chi connectivity index (χ1) is 15.2. The third-order valence-corrected chi connectivity index (χ3v) is 5.63. The van der Waals surface area contributed by atoms with Gasteiger partial charge in [0.05, 0.1) is 6.54 Å². The maximum absolute atomic E-state index is 13.2. The van der Waals surface area contributed by atoms with Crippen molar-refractivity contribution in [2.45, 2.75) is 26.1 Å². The summed E-state index contributed by atoms with van der Waals surface area (Å²) in [4.78, 5) is 15.1. The van der Waals surface area contributed by atoms with Gasteiger partial charge in [0.2, 0.25) is 5.91 Å². The van der Waals surface area contributed by atoms with E-state index in [0.29, 0.717) is 19.6 Å². The number of rotatable bonds is 8. The highest BCUT2D eigenvalue weighted by Gasteiger charge is 2.17. The number of hydrogen-bond acceptors (Lipinski definition) is 2. The number of amides is 1. The van der Waals surface area contributed by atoms with Gasteiger partial charge in [-0.1, -0.05) is 103 Å². The fourth-order valence-corrected chi connectivity index (χ4v) is 3.93. The molecule has 0 aromatic heterocycles. The molecule has 0 aliphatic heterocycles. The lowest BCUT2D eigenvalue weighted by Crippen LogP contribution is -2.38. The summed E-state index contributed by atoms with van der Waals surface area (Å²) in [5, 5.41) is 5.89. The molecule has 0 aliphatic carbocycles. The van der Waals surface area contributed by atoms with E-state index in [1.54, 1.807) is 0 Å². The lowest BCUT2D eigenvalue weighted by atomic mass is 10.00. The van der Waals surface area contributed by atoms with Crippen LogP contribution in [0.3, 0.4) is 0 Å². The Hall–Kier alpha value is -3.43. The number of nitrogens with one attached hydrogen (secondary N) is 1. The van der Waals surface area contributed by atoms with Crippen LogP contribution in [0.1, 0.15) is 29.7 Å². The summed E-state index contributed by atoms with van der Waals surface area (Å²) in [5.41, 5.74) is 3.48. The molecule has 0 aliphatic rings. The minimum atomic E-state index is 0.0744. The molecule has 4 aromatic rings. The smallest absolute Gasteiger partial charge is 0.237 e. The second kappa shape index (κ2) is 10.1. The summed E-state index contributed by atoms with van der Waals surface area (Å²) in [6.07, 6.45) is 0. The highest BCUT2D eigenvalue weighted by atomic mass is 16.2. The summed E-state index contributed by atoms with van der Waals surface area (Å²) < 4.78 is 0. The highest BCUT2D eigenvalue weighted by molar-refractivity contribution is 5.86. The van der Waals surface area contributed by atoms with Gasteiger partial charge in [-0.15, -0.1) is 0 Å². The molecule has 0 fully saturated rings. The van der Waals surface area contributed by atoms with E-state index < -0.39 is 0 Å². The van der Waals surface area contributed by atoms with Crippen molar-refractivity contribution < 1.29 is 4.79 Å². The highest BCUT2D eigenvalue weighted by Crippen LogP contribution is 2.24. The third-order valence-electron chi connectivity index (χ3n) is 5.63. The summed E-state index contributed by atoms with van der Waals surface area (Å²) in [5.74, 6) is 0.0970. The molecule has 0 spiro atoms. The van der Waals surface area contributed by atoms with Crippen LogP contribution in [0.2, 0.25) is 0 Å². The molecule has 0 heterocycles. The maximum atomic E-state index is 13.2. The van der Waals surface area contributed by atoms with E-state index in [2.05, 4.69) is 79.0 Å². The van der Waals surface area contributed by atoms with Crippen molar-refractivity contribution in [3.63, 3.8) is 0 Å². The van der Waals surface area contributed by atoms with Crippen LogP contribution in [0.15, 0.2) is 103 Å². The van der Waals surface area contributed by atoms with Crippen molar-refractivity contribution in [1.29, 1.82) is 0 Å². The van der Waals surface area contributed by atoms with Crippen LogP contribution in [0.4, 0.5) is 0 Å². The van der Waals surface area contributed by atoms with Crippen LogP contribution in [0.25, 0.3) is 10.8 Å². The van der Waals surface area contributed by atoms with Crippen molar-refractivity contribution in [2.75, 3.05) is 6.54 Å². The first kappa shape index (κ1) is 20.8. The van der Waals surface area contributed by atoms with Crippen molar-refractivity contribution >= 4 is 16.7 Å². The molecule has 3 nitrogen and oxygen atoms in total. The molecule has 0 unspecified atom stereocenters. The largest absolute Gasteiger partial charge is 0.333 e. The number of benzene rings is 4. The monoisotopic (exact) mass is 408 g/mol. The Bertz CT molecular complexity index is 1080. The Morgan fingerprint density at radius 3 is 1.94 bits per heavy atom. The molecular formula is C28H28N2O. The van der Waals surface area contributed by atoms with E-state index in [-0.39, 0.29) is 11.9 Å². The summed E-state index contributed by atoms with van der Waals surface area (Å²) in [7, 11) is 0. The fourth-order valence-electron chi connectivity index (χ4n) is 3.93. The molecule has 0 saturated carbocycles. The minimum absolute atomic E-state index is 0.0744. The summed E-state index contributed by atoms with van der Waals surface area (Å²) in [6.45, 7) is 3.61. The van der Waals surface area contributed by atoms with Gasteiger partial charge in [-0.3, -0.25) is 4.79 Å². The van der Waals surface area contributed by atoms with Crippen LogP contribution in [0.5, 0.6) is 0 Å². The Balaban J connectivity index is 1.47. The molecule has 156 valence electrons. The van der Waals surface area contributed by atoms with Crippen molar-refractivity contribution in [2.24, 2.45) is 0 Å². The van der Waals surface area contributed by atoms with Gasteiger partial charge in [-0.2, -0.15) is 0 Å². The number of hydrogen-bond donors (Lipinski definition) is 1. The van der Waals surface area contributed by atoms with Gasteiger partial charge in [-0.05, 0) is 34.4 Å². The molecular weight excluding hydrogens is 380 g/mol. The van der Waals surface area contributed by atoms with Crippen LogP contribution in [-0.4, -0.2) is 17.4 Å². The Labute approximate surface area is 184 Å². The zero-order valence-corrected chi connectivity index (χ0v) is 17.9. The number of carbonyl (C=O) groups is 1. The molecule has 0 radical (unpaired) electrons. The second-order valence-electron chi connectivity index (χ2n) is 7.89. The van der Waals surface area contributed by atoms with E-state index in [9.17, 15) is 4.79 Å². The molecule has 3 heteroatoms. The van der Waals surface area contributed by atoms with Gasteiger partial charge in [0.1, 0.15) is 0 Å². The van der Waals surface area contributed by atoms with Crippen molar-refractivity contribution in [1.82, 2.24) is 10.2 Å². The van der Waals surface area contributed by atoms with Gasteiger partial charge < -0.3 is 10.2 Å². The zero-order chi connectivity index (χ0) is 21.5. The van der Waals surface area contributed by atoms with Gasteiger partial charge in [0, 0.05) is 19.1 Å². The SMILES string of the molecule is C[C@@H](NCC(=O)N(Cc1ccccc1)Cc1ccccc1)c1cccc2ccccc12. The number of carbonyl (C=O) groups excluding carboxylic acids is 1. The molecule has 4 aromatic carbocycles. The molecule has 31 heavy (non-hydrogen) atoms. The van der Waals surface area contributed by atoms with Crippen LogP contribution < -0.4 is 5.32 Å². The van der Waals surface area contributed by atoms with Crippen LogP contribution in [-0.2, 0) is 17.9 Å². The van der Waals surface area contributed by atoms with Crippen LogP contribution in [0, 0.1) is 0 Å². The summed E-state index contributed by atoms with van der Waals surface area (Å²) in [6, 6.07) is 35.1. The predicted octanol–water partition coefficient (Wildman–Crippen LogP) is 5.72. The van der Waals surface area contributed by atoms with Gasteiger partial charge in [0.15, 0.2) is 0 Å². The predicted molar refractivity (Wildman–Crippen MR) is 128 cm³/mol. The average molecular weight is 409 g/mol. The Morgan fingerprint density at radius 2 is 1.29 bits per heavy atom. The third kappa shape index (κ3) is 5.39. The summed E-state index contributed by atoms with van der Waals surface area (Å²) >= 11 is 0. The quantitative estimate of drug-likeness (QED) is 0.404. The van der Waals surface area contributed by atoms with E-state index in [1.807, 2.05) is 41.3 Å². The van der Waals surface area contributed by atoms with Gasteiger partial charge in [0.25, 0.3) is 0 Å². The number of nitrogens with zero attached hydrogens (tertiary/aromatic N) is 1. The first-order valence-electron chi connectivity index (χ1n) is 10.8. The lowest BCUT2D eigenvalue weighted by Gasteiger charge is -2.25. The van der Waals surface area contributed by atoms with Crippen molar-refractivity contribution in [3.8, 4) is 0 Å². The topological polar surface area (TPSA) is 32.3 Å². The molecule has 0 bridgehead atoms. The van der Waals surface area contributed by atoms with E-state index >= 15 is 0 Å². The maximum Gasteiger partial charge on any atom is 0.237 e. The lowest BCUT2D eigenvalue weighted by molar-refractivity contribution is -0.131. The van der Waals surface area contributed by atoms with E-state index in [0.717, 1.165) is 11.1 Å². The fraction of sp³-hybridized carbons (Fsp3) is 0.179. The average Bonchev–Trinajstić information content (AvgIpc) is 2.83.